The minimum Gasteiger partial charge on any atom is -0.497 e. The van der Waals surface area contributed by atoms with E-state index in [4.69, 9.17) is 9.47 Å². The summed E-state index contributed by atoms with van der Waals surface area (Å²) in [6.07, 6.45) is 4.95. The molecule has 0 heterocycles. The third-order valence-corrected chi connectivity index (χ3v) is 5.72. The lowest BCUT2D eigenvalue weighted by molar-refractivity contribution is 0.182. The van der Waals surface area contributed by atoms with E-state index in [2.05, 4.69) is 21.9 Å². The smallest absolute Gasteiger partial charge is 0.191 e. The minimum absolute atomic E-state index is 0.248. The van der Waals surface area contributed by atoms with E-state index >= 15 is 0 Å². The standard InChI is InChI=1S/C19H31N3O3S/c1-5-20-19(22-13-6-8-15(10-13)26-4)21-12-17(23)16-11-14(24-2)7-9-18(16)25-3/h7,9,11,13,15,17,23H,5-6,8,10,12H2,1-4H3,(H2,20,21,22). The van der Waals surface area contributed by atoms with Gasteiger partial charge in [0.05, 0.1) is 20.8 Å². The Bertz CT molecular complexity index is 597. The zero-order valence-electron chi connectivity index (χ0n) is 16.1. The molecule has 26 heavy (non-hydrogen) atoms. The number of aliphatic hydroxyl groups is 1. The highest BCUT2D eigenvalue weighted by molar-refractivity contribution is 7.99. The van der Waals surface area contributed by atoms with Gasteiger partial charge in [-0.3, -0.25) is 4.99 Å². The Hall–Kier alpha value is -1.60. The second-order valence-corrected chi connectivity index (χ2v) is 7.49. The summed E-state index contributed by atoms with van der Waals surface area (Å²) in [7, 11) is 3.20. The molecule has 3 atom stereocenters. The molecular weight excluding hydrogens is 350 g/mol. The molecule has 0 radical (unpaired) electrons. The average molecular weight is 382 g/mol. The maximum absolute atomic E-state index is 10.6. The highest BCUT2D eigenvalue weighted by atomic mass is 32.2. The van der Waals surface area contributed by atoms with Crippen molar-refractivity contribution in [2.24, 2.45) is 4.99 Å². The Labute approximate surface area is 160 Å². The van der Waals surface area contributed by atoms with Crippen LogP contribution >= 0.6 is 11.8 Å². The number of hydrogen-bond donors (Lipinski definition) is 3. The number of ether oxygens (including phenoxy) is 2. The average Bonchev–Trinajstić information content (AvgIpc) is 3.13. The highest BCUT2D eigenvalue weighted by Crippen LogP contribution is 2.30. The van der Waals surface area contributed by atoms with Crippen molar-refractivity contribution in [3.05, 3.63) is 23.8 Å². The van der Waals surface area contributed by atoms with Gasteiger partial charge in [0.25, 0.3) is 0 Å². The van der Waals surface area contributed by atoms with Crippen molar-refractivity contribution < 1.29 is 14.6 Å². The number of aliphatic imine (C=N–C) groups is 1. The number of thioether (sulfide) groups is 1. The van der Waals surface area contributed by atoms with Gasteiger partial charge in [0.15, 0.2) is 5.96 Å². The van der Waals surface area contributed by atoms with Crippen LogP contribution in [-0.4, -0.2) is 55.9 Å². The molecule has 146 valence electrons. The first kappa shape index (κ1) is 20.7. The molecule has 6 nitrogen and oxygen atoms in total. The lowest BCUT2D eigenvalue weighted by atomic mass is 10.1. The number of rotatable bonds is 8. The summed E-state index contributed by atoms with van der Waals surface area (Å²) >= 11 is 1.93. The summed E-state index contributed by atoms with van der Waals surface area (Å²) < 4.78 is 10.6. The predicted octanol–water partition coefficient (Wildman–Crippen LogP) is 2.58. The van der Waals surface area contributed by atoms with E-state index in [0.29, 0.717) is 23.1 Å². The third-order valence-electron chi connectivity index (χ3n) is 4.62. The second kappa shape index (κ2) is 10.5. The van der Waals surface area contributed by atoms with Crippen molar-refractivity contribution in [2.75, 3.05) is 33.6 Å². The van der Waals surface area contributed by atoms with E-state index in [0.717, 1.165) is 30.6 Å². The van der Waals surface area contributed by atoms with Gasteiger partial charge < -0.3 is 25.2 Å². The van der Waals surface area contributed by atoms with Crippen molar-refractivity contribution in [3.8, 4) is 11.5 Å². The maximum atomic E-state index is 10.6. The number of benzene rings is 1. The number of guanidine groups is 1. The molecule has 0 amide bonds. The fourth-order valence-corrected chi connectivity index (χ4v) is 3.97. The van der Waals surface area contributed by atoms with Crippen LogP contribution in [0, 0.1) is 0 Å². The monoisotopic (exact) mass is 381 g/mol. The Kier molecular flexibility index (Phi) is 8.38. The fourth-order valence-electron chi connectivity index (χ4n) is 3.17. The number of nitrogens with one attached hydrogen (secondary N) is 2. The van der Waals surface area contributed by atoms with E-state index in [1.54, 1.807) is 26.4 Å². The van der Waals surface area contributed by atoms with Crippen LogP contribution in [-0.2, 0) is 0 Å². The van der Waals surface area contributed by atoms with Crippen LogP contribution in [0.4, 0.5) is 0 Å². The molecule has 0 saturated heterocycles. The van der Waals surface area contributed by atoms with E-state index < -0.39 is 6.10 Å². The zero-order chi connectivity index (χ0) is 18.9. The van der Waals surface area contributed by atoms with Crippen LogP contribution in [0.5, 0.6) is 11.5 Å². The SMILES string of the molecule is CCNC(=NCC(O)c1cc(OC)ccc1OC)NC1CCC(SC)C1. The summed E-state index contributed by atoms with van der Waals surface area (Å²) in [4.78, 5) is 4.58. The number of aliphatic hydroxyl groups excluding tert-OH is 1. The highest BCUT2D eigenvalue weighted by Gasteiger charge is 2.24. The van der Waals surface area contributed by atoms with Crippen LogP contribution in [0.25, 0.3) is 0 Å². The number of nitrogens with zero attached hydrogens (tertiary/aromatic N) is 1. The van der Waals surface area contributed by atoms with Crippen molar-refractivity contribution in [1.29, 1.82) is 0 Å². The molecule has 0 aromatic heterocycles. The quantitative estimate of drug-likeness (QED) is 0.475. The van der Waals surface area contributed by atoms with E-state index in [1.165, 1.54) is 6.42 Å². The summed E-state index contributed by atoms with van der Waals surface area (Å²) in [5, 5.41) is 18.1. The molecule has 3 N–H and O–H groups in total. The lowest BCUT2D eigenvalue weighted by Crippen LogP contribution is -2.42. The van der Waals surface area contributed by atoms with Gasteiger partial charge in [0.1, 0.15) is 17.6 Å². The molecule has 1 fully saturated rings. The molecule has 2 rings (SSSR count). The summed E-state index contributed by atoms with van der Waals surface area (Å²) in [6, 6.07) is 5.84. The van der Waals surface area contributed by atoms with Crippen LogP contribution in [0.1, 0.15) is 37.9 Å². The Morgan fingerprint density at radius 1 is 1.35 bits per heavy atom. The molecule has 0 aliphatic heterocycles. The molecule has 1 aliphatic rings. The summed E-state index contributed by atoms with van der Waals surface area (Å²) in [5.74, 6) is 2.06. The van der Waals surface area contributed by atoms with Gasteiger partial charge in [-0.15, -0.1) is 0 Å². The lowest BCUT2D eigenvalue weighted by Gasteiger charge is -2.19. The Morgan fingerprint density at radius 2 is 2.15 bits per heavy atom. The van der Waals surface area contributed by atoms with E-state index in [-0.39, 0.29) is 6.54 Å². The van der Waals surface area contributed by atoms with Gasteiger partial charge in [-0.1, -0.05) is 0 Å². The van der Waals surface area contributed by atoms with Crippen molar-refractivity contribution in [3.63, 3.8) is 0 Å². The largest absolute Gasteiger partial charge is 0.497 e. The van der Waals surface area contributed by atoms with E-state index in [9.17, 15) is 5.11 Å². The third kappa shape index (κ3) is 5.71. The second-order valence-electron chi connectivity index (χ2n) is 6.36. The molecule has 1 aromatic carbocycles. The van der Waals surface area contributed by atoms with Crippen molar-refractivity contribution >= 4 is 17.7 Å². The van der Waals surface area contributed by atoms with Crippen LogP contribution in [0.15, 0.2) is 23.2 Å². The van der Waals surface area contributed by atoms with Crippen molar-refractivity contribution in [2.45, 2.75) is 43.6 Å². The van der Waals surface area contributed by atoms with Gasteiger partial charge >= 0.3 is 0 Å². The van der Waals surface area contributed by atoms with E-state index in [1.807, 2.05) is 24.8 Å². The first-order chi connectivity index (χ1) is 12.6. The van der Waals surface area contributed by atoms with Gasteiger partial charge in [0, 0.05) is 23.4 Å². The number of hydrogen-bond acceptors (Lipinski definition) is 5. The minimum atomic E-state index is -0.766. The molecule has 1 saturated carbocycles. The van der Waals surface area contributed by atoms with Crippen LogP contribution in [0.3, 0.4) is 0 Å². The Morgan fingerprint density at radius 3 is 2.77 bits per heavy atom. The summed E-state index contributed by atoms with van der Waals surface area (Å²) in [5.41, 5.74) is 0.676. The zero-order valence-corrected chi connectivity index (χ0v) is 16.9. The van der Waals surface area contributed by atoms with Gasteiger partial charge in [-0.05, 0) is 50.6 Å². The first-order valence-electron chi connectivity index (χ1n) is 9.08. The fraction of sp³-hybridized carbons (Fsp3) is 0.632. The summed E-state index contributed by atoms with van der Waals surface area (Å²) in [6.45, 7) is 3.07. The molecule has 3 unspecified atom stereocenters. The molecule has 0 spiro atoms. The maximum Gasteiger partial charge on any atom is 0.191 e. The van der Waals surface area contributed by atoms with Crippen molar-refractivity contribution in [1.82, 2.24) is 10.6 Å². The first-order valence-corrected chi connectivity index (χ1v) is 10.4. The number of methoxy groups -OCH3 is 2. The molecule has 0 bridgehead atoms. The molecule has 7 heteroatoms. The normalized spacial score (nSPS) is 21.3. The van der Waals surface area contributed by atoms with Crippen LogP contribution in [0.2, 0.25) is 0 Å². The van der Waals surface area contributed by atoms with Gasteiger partial charge in [0.2, 0.25) is 0 Å². The molecular formula is C19H31N3O3S. The molecule has 1 aliphatic carbocycles. The van der Waals surface area contributed by atoms with Crippen LogP contribution < -0.4 is 20.1 Å². The topological polar surface area (TPSA) is 75.1 Å². The van der Waals surface area contributed by atoms with Gasteiger partial charge in [-0.2, -0.15) is 11.8 Å². The Balaban J connectivity index is 2.04. The predicted molar refractivity (Wildman–Crippen MR) is 109 cm³/mol. The van der Waals surface area contributed by atoms with Gasteiger partial charge in [-0.25, -0.2) is 0 Å². The molecule has 1 aromatic rings.